The van der Waals surface area contributed by atoms with Crippen LogP contribution in [0.15, 0.2) is 23.7 Å². The zero-order chi connectivity index (χ0) is 9.40. The van der Waals surface area contributed by atoms with Crippen molar-refractivity contribution in [1.82, 2.24) is 0 Å². The predicted molar refractivity (Wildman–Crippen MR) is 40.6 cm³/mol. The Morgan fingerprint density at radius 3 is 2.82 bits per heavy atom. The summed E-state index contributed by atoms with van der Waals surface area (Å²) in [6.45, 7) is -0.279. The third kappa shape index (κ3) is 8.12. The number of hydrogen-bond acceptors (Lipinski definition) is 4. The molecular weight excluding hydrogens is 220 g/mol. The molecule has 0 atom stereocenters. The Balaban J connectivity index is 0. The summed E-state index contributed by atoms with van der Waals surface area (Å²) in [6.07, 6.45) is 2.68. The average Bonchev–Trinajstić information content (AvgIpc) is 2.02. The van der Waals surface area contributed by atoms with Crippen LogP contribution in [0.25, 0.3) is 0 Å². The minimum atomic E-state index is -1.92. The van der Waals surface area contributed by atoms with E-state index < -0.39 is 9.13 Å². The van der Waals surface area contributed by atoms with Gasteiger partial charge < -0.3 is 4.89 Å². The summed E-state index contributed by atoms with van der Waals surface area (Å²) in [5, 5.41) is 16.1. The summed E-state index contributed by atoms with van der Waals surface area (Å²) in [6, 6.07) is 0. The van der Waals surface area contributed by atoms with Crippen LogP contribution in [0.4, 0.5) is 0 Å². The third-order valence-electron chi connectivity index (χ3n) is 0.702. The molecule has 0 rings (SSSR count). The van der Waals surface area contributed by atoms with E-state index in [1.807, 2.05) is 0 Å². The molecule has 0 bridgehead atoms. The van der Waals surface area contributed by atoms with Gasteiger partial charge in [-0.2, -0.15) is 0 Å². The fraction of sp³-hybridized carbons (Fsp3) is 0.200. The summed E-state index contributed by atoms with van der Waals surface area (Å²) in [5.41, 5.74) is 0. The predicted octanol–water partition coefficient (Wildman–Crippen LogP) is 0.968. The van der Waals surface area contributed by atoms with Gasteiger partial charge in [0, 0.05) is 19.5 Å². The Morgan fingerprint density at radius 1 is 1.64 bits per heavy atom. The van der Waals surface area contributed by atoms with Crippen LogP contribution in [0, 0.1) is 0 Å². The third-order valence-corrected chi connectivity index (χ3v) is 0.895. The van der Waals surface area contributed by atoms with Gasteiger partial charge in [-0.05, 0) is 21.3 Å². The maximum Gasteiger partial charge on any atom is 0.268 e. The maximum atomic E-state index is 8.14. The van der Waals surface area contributed by atoms with Crippen LogP contribution in [-0.2, 0) is 29.3 Å². The van der Waals surface area contributed by atoms with Crippen molar-refractivity contribution in [1.29, 1.82) is 2.56 Å². The number of allylic oxidation sites excluding steroid dienone is 2. The molecule has 0 aromatic heterocycles. The SMILES string of the molecule is [3H][PH+]([3H])C=CC=C(COO)OO.[Zn]. The molecule has 0 aromatic rings. The normalized spacial score (nSPS) is 14.3. The maximum absolute atomic E-state index is 8.14. The molecule has 0 aliphatic carbocycles. The minimum Gasteiger partial charge on any atom is -0.342 e. The fourth-order valence-corrected chi connectivity index (χ4v) is 0.420. The van der Waals surface area contributed by atoms with Gasteiger partial charge in [-0.25, -0.2) is 10.1 Å². The quantitative estimate of drug-likeness (QED) is 0.186. The van der Waals surface area contributed by atoms with Crippen molar-refractivity contribution in [2.45, 2.75) is 0 Å². The van der Waals surface area contributed by atoms with Crippen LogP contribution in [-0.4, -0.2) is 19.7 Å². The Hall–Kier alpha value is 0.213. The van der Waals surface area contributed by atoms with E-state index in [4.69, 9.17) is 13.1 Å². The smallest absolute Gasteiger partial charge is 0.268 e. The first-order valence-corrected chi connectivity index (χ1v) is 3.03. The van der Waals surface area contributed by atoms with Crippen molar-refractivity contribution in [3.05, 3.63) is 23.7 Å². The molecular formula is C5H10O4PZn+. The van der Waals surface area contributed by atoms with Crippen LogP contribution in [0.3, 0.4) is 0 Å². The monoisotopic (exact) mass is 233 g/mol. The van der Waals surface area contributed by atoms with E-state index in [0.717, 1.165) is 0 Å². The molecule has 2 N–H and O–H groups in total. The van der Waals surface area contributed by atoms with Gasteiger partial charge in [0.25, 0.3) is 2.56 Å². The zero-order valence-corrected chi connectivity index (χ0v) is 9.82. The molecule has 0 aliphatic rings. The van der Waals surface area contributed by atoms with Gasteiger partial charge in [-0.3, -0.25) is 5.26 Å². The van der Waals surface area contributed by atoms with Crippen LogP contribution < -0.4 is 0 Å². The minimum absolute atomic E-state index is 0. The molecule has 0 aromatic carbocycles. The summed E-state index contributed by atoms with van der Waals surface area (Å²) in [4.78, 5) is 7.47. The van der Waals surface area contributed by atoms with E-state index in [2.05, 4.69) is 9.78 Å². The van der Waals surface area contributed by atoms with Crippen molar-refractivity contribution in [2.24, 2.45) is 0 Å². The first-order valence-electron chi connectivity index (χ1n) is 3.46. The van der Waals surface area contributed by atoms with E-state index in [-0.39, 0.29) is 31.8 Å². The molecule has 0 saturated carbocycles. The van der Waals surface area contributed by atoms with E-state index >= 15 is 0 Å². The van der Waals surface area contributed by atoms with E-state index in [1.54, 1.807) is 0 Å². The van der Waals surface area contributed by atoms with Crippen LogP contribution >= 0.6 is 9.13 Å². The van der Waals surface area contributed by atoms with Crippen LogP contribution in [0.1, 0.15) is 0 Å². The molecule has 0 heterocycles. The molecule has 11 heavy (non-hydrogen) atoms. The molecule has 0 unspecified atom stereocenters. The Morgan fingerprint density at radius 2 is 2.36 bits per heavy atom. The second kappa shape index (κ2) is 10.2. The van der Waals surface area contributed by atoms with Crippen molar-refractivity contribution >= 4 is 9.13 Å². The van der Waals surface area contributed by atoms with Crippen LogP contribution in [0.5, 0.6) is 0 Å². The van der Waals surface area contributed by atoms with E-state index in [1.165, 1.54) is 18.0 Å². The van der Waals surface area contributed by atoms with Crippen LogP contribution in [0.2, 0.25) is 0 Å². The molecule has 6 heteroatoms. The number of hydrogen-bond donors (Lipinski definition) is 2. The first kappa shape index (κ1) is 9.30. The van der Waals surface area contributed by atoms with Gasteiger partial charge in [-0.1, -0.05) is 0 Å². The van der Waals surface area contributed by atoms with Gasteiger partial charge in [0.2, 0.25) is 0 Å². The summed E-state index contributed by atoms with van der Waals surface area (Å²) in [5.74, 6) is 1.35. The first-order chi connectivity index (χ1) is 5.70. The van der Waals surface area contributed by atoms with Gasteiger partial charge >= 0.3 is 0 Å². The molecule has 4 nitrogen and oxygen atoms in total. The van der Waals surface area contributed by atoms with E-state index in [0.29, 0.717) is 0 Å². The summed E-state index contributed by atoms with van der Waals surface area (Å²) in [7, 11) is -1.92. The Kier molecular flexibility index (Phi) is 8.64. The van der Waals surface area contributed by atoms with Crippen molar-refractivity contribution in [3.8, 4) is 0 Å². The molecule has 0 aliphatic heterocycles. The van der Waals surface area contributed by atoms with Crippen molar-refractivity contribution in [3.63, 3.8) is 0 Å². The second-order valence-electron chi connectivity index (χ2n) is 1.36. The molecule has 0 radical (unpaired) electrons. The van der Waals surface area contributed by atoms with E-state index in [9.17, 15) is 0 Å². The Bertz CT molecular complexity index is 176. The topological polar surface area (TPSA) is 58.9 Å². The number of rotatable bonds is 5. The molecule has 0 spiro atoms. The molecule has 0 saturated heterocycles. The van der Waals surface area contributed by atoms with Gasteiger partial charge in [0.05, 0.1) is 5.82 Å². The van der Waals surface area contributed by atoms with Crippen molar-refractivity contribution in [2.75, 3.05) is 6.61 Å². The Labute approximate surface area is 82.3 Å². The van der Waals surface area contributed by atoms with Gasteiger partial charge in [-0.15, -0.1) is 0 Å². The molecule has 0 fully saturated rings. The zero-order valence-electron chi connectivity index (χ0n) is 7.86. The van der Waals surface area contributed by atoms with Gasteiger partial charge in [0.15, 0.2) is 5.76 Å². The fourth-order valence-electron chi connectivity index (χ4n) is 0.324. The molecule has 60 valence electrons. The standard InChI is InChI=1S/C5H9O4P.Zn/c6-8-4-5(9-7)2-1-3-10;/h1-3,6-7H,4,10H2;/p+1/i10T2;. The molecule has 0 amide bonds. The van der Waals surface area contributed by atoms with Crippen molar-refractivity contribution < 1.29 is 39.8 Å². The van der Waals surface area contributed by atoms with Gasteiger partial charge in [0.1, 0.15) is 6.61 Å². The summed E-state index contributed by atoms with van der Waals surface area (Å²) < 4.78 is 13.7. The summed E-state index contributed by atoms with van der Waals surface area (Å²) >= 11 is 0. The second-order valence-corrected chi connectivity index (χ2v) is 1.69. The average molecular weight is 235 g/mol. The largest absolute Gasteiger partial charge is 0.342 e.